The first-order chi connectivity index (χ1) is 13.8. The third-order valence-corrected chi connectivity index (χ3v) is 5.05. The molecule has 0 spiro atoms. The molecular formula is C23H38N4O2. The van der Waals surface area contributed by atoms with Crippen molar-refractivity contribution >= 4 is 17.6 Å². The number of nitrogens with zero attached hydrogens (tertiary/aromatic N) is 2. The van der Waals surface area contributed by atoms with Gasteiger partial charge < -0.3 is 16.0 Å². The van der Waals surface area contributed by atoms with E-state index in [4.69, 9.17) is 5.73 Å². The molecule has 2 amide bonds. The second-order valence-corrected chi connectivity index (χ2v) is 7.65. The van der Waals surface area contributed by atoms with E-state index in [0.717, 1.165) is 43.5 Å². The second kappa shape index (κ2) is 13.0. The maximum atomic E-state index is 13.3. The summed E-state index contributed by atoms with van der Waals surface area (Å²) < 4.78 is 0. The molecule has 0 bridgehead atoms. The van der Waals surface area contributed by atoms with Crippen LogP contribution in [0.5, 0.6) is 0 Å². The first kappa shape index (κ1) is 24.7. The van der Waals surface area contributed by atoms with E-state index >= 15 is 0 Å². The number of hydrogen-bond donors (Lipinski definition) is 2. The van der Waals surface area contributed by atoms with E-state index in [-0.39, 0.29) is 17.7 Å². The summed E-state index contributed by atoms with van der Waals surface area (Å²) in [6.45, 7) is 12.0. The van der Waals surface area contributed by atoms with Crippen molar-refractivity contribution in [3.05, 3.63) is 36.2 Å². The van der Waals surface area contributed by atoms with Crippen LogP contribution >= 0.6 is 0 Å². The van der Waals surface area contributed by atoms with E-state index in [0.29, 0.717) is 25.2 Å². The third-order valence-electron chi connectivity index (χ3n) is 5.05. The van der Waals surface area contributed by atoms with Crippen LogP contribution < -0.4 is 11.1 Å². The third kappa shape index (κ3) is 8.26. The highest BCUT2D eigenvalue weighted by Crippen LogP contribution is 2.25. The van der Waals surface area contributed by atoms with Crippen molar-refractivity contribution in [2.75, 3.05) is 6.54 Å². The second-order valence-electron chi connectivity index (χ2n) is 7.65. The summed E-state index contributed by atoms with van der Waals surface area (Å²) in [7, 11) is 0. The van der Waals surface area contributed by atoms with Crippen molar-refractivity contribution in [3.63, 3.8) is 0 Å². The van der Waals surface area contributed by atoms with Gasteiger partial charge in [0, 0.05) is 23.9 Å². The normalized spacial score (nSPS) is 19.2. The predicted molar refractivity (Wildman–Crippen MR) is 120 cm³/mol. The van der Waals surface area contributed by atoms with Crippen LogP contribution in [0.15, 0.2) is 41.2 Å². The summed E-state index contributed by atoms with van der Waals surface area (Å²) in [5.41, 5.74) is 7.63. The average molecular weight is 403 g/mol. The van der Waals surface area contributed by atoms with Gasteiger partial charge in [-0.05, 0) is 52.0 Å². The molecule has 1 saturated heterocycles. The highest BCUT2D eigenvalue weighted by atomic mass is 16.2. The smallest absolute Gasteiger partial charge is 0.248 e. The van der Waals surface area contributed by atoms with E-state index < -0.39 is 6.04 Å². The van der Waals surface area contributed by atoms with E-state index in [1.807, 2.05) is 19.9 Å². The predicted octanol–water partition coefficient (Wildman–Crippen LogP) is 4.05. The molecule has 162 valence electrons. The van der Waals surface area contributed by atoms with E-state index in [1.54, 1.807) is 24.0 Å². The number of carbonyl (C=O) groups is 2. The van der Waals surface area contributed by atoms with Crippen LogP contribution in [-0.4, -0.2) is 35.1 Å². The van der Waals surface area contributed by atoms with Gasteiger partial charge in [-0.25, -0.2) is 4.99 Å². The van der Waals surface area contributed by atoms with Gasteiger partial charge in [-0.3, -0.25) is 9.59 Å². The Labute approximate surface area is 176 Å². The average Bonchev–Trinajstić information content (AvgIpc) is 3.14. The van der Waals surface area contributed by atoms with Crippen LogP contribution in [0.3, 0.4) is 0 Å². The molecule has 0 aromatic carbocycles. The van der Waals surface area contributed by atoms with Crippen LogP contribution in [0.1, 0.15) is 72.6 Å². The minimum Gasteiger partial charge on any atom is -0.402 e. The zero-order valence-electron chi connectivity index (χ0n) is 18.5. The molecule has 2 atom stereocenters. The van der Waals surface area contributed by atoms with Gasteiger partial charge in [0.1, 0.15) is 11.9 Å². The molecule has 1 fully saturated rings. The largest absolute Gasteiger partial charge is 0.402 e. The van der Waals surface area contributed by atoms with E-state index in [2.05, 4.69) is 23.8 Å². The lowest BCUT2D eigenvalue weighted by molar-refractivity contribution is -0.141. The minimum absolute atomic E-state index is 0.0425. The Morgan fingerprint density at radius 3 is 2.69 bits per heavy atom. The maximum Gasteiger partial charge on any atom is 0.248 e. The highest BCUT2D eigenvalue weighted by Gasteiger charge is 2.37. The molecule has 0 saturated carbocycles. The number of nitrogens with one attached hydrogen (secondary N) is 1. The summed E-state index contributed by atoms with van der Waals surface area (Å²) in [6, 6.07) is -0.447. The van der Waals surface area contributed by atoms with Crippen LogP contribution in [0.4, 0.5) is 0 Å². The zero-order chi connectivity index (χ0) is 21.8. The van der Waals surface area contributed by atoms with Gasteiger partial charge in [0.2, 0.25) is 11.8 Å². The van der Waals surface area contributed by atoms with Crippen molar-refractivity contribution in [1.29, 1.82) is 0 Å². The number of rotatable bonds is 10. The molecule has 1 aliphatic heterocycles. The first-order valence-electron chi connectivity index (χ1n) is 10.7. The summed E-state index contributed by atoms with van der Waals surface area (Å²) >= 11 is 0. The van der Waals surface area contributed by atoms with Gasteiger partial charge in [0.15, 0.2) is 0 Å². The van der Waals surface area contributed by atoms with Crippen LogP contribution in [0.25, 0.3) is 0 Å². The zero-order valence-corrected chi connectivity index (χ0v) is 18.5. The van der Waals surface area contributed by atoms with Crippen LogP contribution in [-0.2, 0) is 9.59 Å². The number of unbranched alkanes of at least 4 members (excludes halogenated alkanes) is 1. The summed E-state index contributed by atoms with van der Waals surface area (Å²) in [6.07, 6.45) is 11.1. The Morgan fingerprint density at radius 1 is 1.34 bits per heavy atom. The number of amides is 2. The van der Waals surface area contributed by atoms with Crippen LogP contribution in [0.2, 0.25) is 0 Å². The Hall–Kier alpha value is -2.37. The summed E-state index contributed by atoms with van der Waals surface area (Å²) in [4.78, 5) is 32.2. The fourth-order valence-electron chi connectivity index (χ4n) is 3.69. The van der Waals surface area contributed by atoms with Crippen molar-refractivity contribution < 1.29 is 9.59 Å². The van der Waals surface area contributed by atoms with E-state index in [9.17, 15) is 9.59 Å². The standard InChI is InChI=1S/C23H38N4O2/c1-6-9-13-19(16-20(24)12-8-3)23(29)27-15-10-14-21(27)22(28)26-18(5)25-17(4)11-7-2/h7,11-12,19,21H,2,6,8-10,13-16,24H2,1,3-5H3,(H,25,26,28)/b17-11-,20-12?. The Kier molecular flexibility index (Phi) is 11.0. The first-order valence-corrected chi connectivity index (χ1v) is 10.7. The molecule has 1 heterocycles. The van der Waals surface area contributed by atoms with Crippen molar-refractivity contribution in [1.82, 2.24) is 10.2 Å². The molecule has 0 radical (unpaired) electrons. The molecule has 2 unspecified atom stereocenters. The molecule has 0 aromatic heterocycles. The Balaban J connectivity index is 2.89. The topological polar surface area (TPSA) is 87.8 Å². The lowest BCUT2D eigenvalue weighted by Gasteiger charge is -2.28. The molecular weight excluding hydrogens is 364 g/mol. The number of hydrogen-bond acceptors (Lipinski definition) is 4. The Morgan fingerprint density at radius 2 is 2.07 bits per heavy atom. The van der Waals surface area contributed by atoms with Gasteiger partial charge in [0.05, 0.1) is 0 Å². The fourth-order valence-corrected chi connectivity index (χ4v) is 3.69. The molecule has 6 nitrogen and oxygen atoms in total. The van der Waals surface area contributed by atoms with Gasteiger partial charge in [-0.15, -0.1) is 0 Å². The quantitative estimate of drug-likeness (QED) is 0.328. The lowest BCUT2D eigenvalue weighted by Crippen LogP contribution is -2.49. The molecule has 3 N–H and O–H groups in total. The molecule has 6 heteroatoms. The number of allylic oxidation sites excluding steroid dienone is 5. The number of likely N-dealkylation sites (tertiary alicyclic amines) is 1. The molecule has 29 heavy (non-hydrogen) atoms. The highest BCUT2D eigenvalue weighted by molar-refractivity contribution is 6.01. The lowest BCUT2D eigenvalue weighted by atomic mass is 9.94. The number of nitrogens with two attached hydrogens (primary N) is 1. The molecule has 0 aromatic rings. The van der Waals surface area contributed by atoms with Gasteiger partial charge in [-0.1, -0.05) is 45.4 Å². The van der Waals surface area contributed by atoms with Gasteiger partial charge in [-0.2, -0.15) is 0 Å². The Bertz CT molecular complexity index is 664. The summed E-state index contributed by atoms with van der Waals surface area (Å²) in [5, 5.41) is 2.85. The monoisotopic (exact) mass is 402 g/mol. The SMILES string of the molecule is C=C/C=C(/C)N=C(C)NC(=O)C1CCCN1C(=O)C(CCCC)CC(N)=CCC. The molecule has 1 rings (SSSR count). The number of aliphatic imine (C=N–C) groups is 1. The van der Waals surface area contributed by atoms with Crippen molar-refractivity contribution in [2.45, 2.75) is 78.7 Å². The number of amidine groups is 1. The van der Waals surface area contributed by atoms with Crippen LogP contribution in [0, 0.1) is 5.92 Å². The number of carbonyl (C=O) groups excluding carboxylic acids is 2. The maximum absolute atomic E-state index is 13.3. The van der Waals surface area contributed by atoms with Gasteiger partial charge >= 0.3 is 0 Å². The molecule has 0 aliphatic carbocycles. The molecule has 1 aliphatic rings. The van der Waals surface area contributed by atoms with E-state index in [1.165, 1.54) is 0 Å². The minimum atomic E-state index is -0.447. The van der Waals surface area contributed by atoms with Crippen molar-refractivity contribution in [2.24, 2.45) is 16.6 Å². The summed E-state index contributed by atoms with van der Waals surface area (Å²) in [5.74, 6) is 0.219. The van der Waals surface area contributed by atoms with Gasteiger partial charge in [0.25, 0.3) is 0 Å². The fraction of sp³-hybridized carbons (Fsp3) is 0.609. The van der Waals surface area contributed by atoms with Crippen molar-refractivity contribution in [3.8, 4) is 0 Å².